The van der Waals surface area contributed by atoms with Crippen LogP contribution in [0.3, 0.4) is 0 Å². The molecule has 8 nitrogen and oxygen atoms in total. The summed E-state index contributed by atoms with van der Waals surface area (Å²) in [6.07, 6.45) is -0.199. The largest absolute Gasteiger partial charge is 0.421 e. The molecule has 0 saturated heterocycles. The quantitative estimate of drug-likeness (QED) is 0.112. The molecule has 1 aromatic rings. The van der Waals surface area contributed by atoms with Crippen molar-refractivity contribution in [1.29, 1.82) is 0 Å². The molecule has 1 rings (SSSR count). The zero-order valence-electron chi connectivity index (χ0n) is 18.4. The Morgan fingerprint density at radius 3 is 1.91 bits per heavy atom. The first-order valence-electron chi connectivity index (χ1n) is 9.92. The maximum Gasteiger partial charge on any atom is 0.343 e. The highest BCUT2D eigenvalue weighted by atomic mass is 35.5. The molecule has 1 amide bonds. The van der Waals surface area contributed by atoms with Gasteiger partial charge in [-0.15, -0.1) is 0 Å². The smallest absolute Gasteiger partial charge is 0.343 e. The van der Waals surface area contributed by atoms with Crippen molar-refractivity contribution in [2.45, 2.75) is 44.0 Å². The first-order chi connectivity index (χ1) is 15.6. The second-order valence-electron chi connectivity index (χ2n) is 6.85. The number of halogens is 5. The third kappa shape index (κ3) is 8.56. The normalized spacial score (nSPS) is 14.0. The Morgan fingerprint density at radius 2 is 1.42 bits per heavy atom. The van der Waals surface area contributed by atoms with E-state index in [9.17, 15) is 9.59 Å². The summed E-state index contributed by atoms with van der Waals surface area (Å²) >= 11 is 30.3. The lowest BCUT2D eigenvalue weighted by Gasteiger charge is -2.30. The number of esters is 1. The van der Waals surface area contributed by atoms with Gasteiger partial charge in [0.15, 0.2) is 11.9 Å². The van der Waals surface area contributed by atoms with Crippen LogP contribution in [0.1, 0.15) is 25.7 Å². The predicted molar refractivity (Wildman–Crippen MR) is 130 cm³/mol. The summed E-state index contributed by atoms with van der Waals surface area (Å²) < 4.78 is 21.5. The molecule has 0 heterocycles. The van der Waals surface area contributed by atoms with Crippen molar-refractivity contribution in [2.75, 3.05) is 34.4 Å². The fourth-order valence-corrected chi connectivity index (χ4v) is 4.11. The number of benzene rings is 1. The number of nitrogens with one attached hydrogen (secondary N) is 1. The molecule has 0 aliphatic rings. The summed E-state index contributed by atoms with van der Waals surface area (Å²) in [6, 6.07) is 0. The second kappa shape index (κ2) is 15.4. The third-order valence-electron chi connectivity index (χ3n) is 4.71. The Hall–Kier alpha value is -0.550. The van der Waals surface area contributed by atoms with Crippen LogP contribution in [-0.2, 0) is 23.8 Å². The van der Waals surface area contributed by atoms with Crippen molar-refractivity contribution in [3.05, 3.63) is 25.1 Å². The van der Waals surface area contributed by atoms with E-state index in [4.69, 9.17) is 82.7 Å². The molecule has 188 valence electrons. The molecule has 0 radical (unpaired) electrons. The van der Waals surface area contributed by atoms with Gasteiger partial charge in [0.1, 0.15) is 22.3 Å². The minimum Gasteiger partial charge on any atom is -0.421 e. The Balaban J connectivity index is 2.93. The minimum absolute atomic E-state index is 0.0674. The van der Waals surface area contributed by atoms with Gasteiger partial charge in [0.25, 0.3) is 0 Å². The molecule has 3 atom stereocenters. The monoisotopic (exact) mass is 566 g/mol. The summed E-state index contributed by atoms with van der Waals surface area (Å²) in [7, 11) is 4.06. The molecule has 0 unspecified atom stereocenters. The summed E-state index contributed by atoms with van der Waals surface area (Å²) in [5.41, 5.74) is 5.45. The van der Waals surface area contributed by atoms with E-state index >= 15 is 0 Å². The lowest BCUT2D eigenvalue weighted by atomic mass is 10.1. The molecule has 0 aliphatic heterocycles. The Morgan fingerprint density at radius 1 is 0.848 bits per heavy atom. The van der Waals surface area contributed by atoms with E-state index in [1.165, 1.54) is 21.3 Å². The van der Waals surface area contributed by atoms with Crippen LogP contribution in [0.4, 0.5) is 0 Å². The molecule has 0 bridgehead atoms. The van der Waals surface area contributed by atoms with Gasteiger partial charge in [-0.3, -0.25) is 4.79 Å². The van der Waals surface area contributed by atoms with Crippen LogP contribution in [0.2, 0.25) is 25.1 Å². The molecule has 1 aromatic carbocycles. The van der Waals surface area contributed by atoms with Crippen LogP contribution < -0.4 is 15.8 Å². The zero-order valence-corrected chi connectivity index (χ0v) is 22.2. The van der Waals surface area contributed by atoms with Crippen LogP contribution in [0.5, 0.6) is 5.75 Å². The van der Waals surface area contributed by atoms with Gasteiger partial charge >= 0.3 is 5.97 Å². The Labute approximate surface area is 218 Å². The van der Waals surface area contributed by atoms with Crippen LogP contribution in [0.25, 0.3) is 0 Å². The first-order valence-corrected chi connectivity index (χ1v) is 11.8. The standard InChI is InChI=1S/C20H27Cl5N2O6/c1-30-10(9-27-11(28)7-5-4-6-8-26)17(31-2)19(32-3)20(29)33-18-15(24)13(22)12(21)14(23)16(18)25/h10,17,19H,4-9,26H2,1-3H3,(H,27,28)/t10-,17-,19+/m0/s1. The second-order valence-corrected chi connectivity index (χ2v) is 8.74. The highest BCUT2D eigenvalue weighted by Gasteiger charge is 2.38. The SMILES string of the molecule is CO[C@@H]([C@H](CNC(=O)CCCCCN)OC)[C@@H](OC)C(=O)Oc1c(Cl)c(Cl)c(Cl)c(Cl)c1Cl. The number of methoxy groups -OCH3 is 3. The fourth-order valence-electron chi connectivity index (χ4n) is 2.91. The summed E-state index contributed by atoms with van der Waals surface area (Å²) in [5.74, 6) is -1.35. The highest BCUT2D eigenvalue weighted by molar-refractivity contribution is 6.55. The van der Waals surface area contributed by atoms with Gasteiger partial charge in [0.05, 0.1) is 15.1 Å². The van der Waals surface area contributed by atoms with Gasteiger partial charge in [0, 0.05) is 34.3 Å². The van der Waals surface area contributed by atoms with E-state index in [2.05, 4.69) is 5.32 Å². The van der Waals surface area contributed by atoms with Crippen LogP contribution >= 0.6 is 58.0 Å². The van der Waals surface area contributed by atoms with Crippen molar-refractivity contribution >= 4 is 69.9 Å². The molecule has 0 saturated carbocycles. The van der Waals surface area contributed by atoms with E-state index < -0.39 is 24.3 Å². The van der Waals surface area contributed by atoms with Gasteiger partial charge in [-0.1, -0.05) is 64.4 Å². The average molecular weight is 569 g/mol. The van der Waals surface area contributed by atoms with E-state index in [1.54, 1.807) is 0 Å². The number of unbranched alkanes of at least 4 members (excludes halogenated alkanes) is 2. The molecule has 13 heteroatoms. The van der Waals surface area contributed by atoms with E-state index in [0.29, 0.717) is 13.0 Å². The maximum absolute atomic E-state index is 12.9. The molecule has 0 aromatic heterocycles. The fraction of sp³-hybridized carbons (Fsp3) is 0.600. The van der Waals surface area contributed by atoms with E-state index in [0.717, 1.165) is 19.3 Å². The molecule has 0 aliphatic carbocycles. The van der Waals surface area contributed by atoms with Crippen molar-refractivity contribution in [3.8, 4) is 5.75 Å². The number of hydrogen-bond acceptors (Lipinski definition) is 7. The van der Waals surface area contributed by atoms with Crippen LogP contribution in [0.15, 0.2) is 0 Å². The number of nitrogens with two attached hydrogens (primary N) is 1. The predicted octanol–water partition coefficient (Wildman–Crippen LogP) is 4.54. The number of carbonyl (C=O) groups is 2. The lowest BCUT2D eigenvalue weighted by Crippen LogP contribution is -2.51. The minimum atomic E-state index is -1.28. The summed E-state index contributed by atoms with van der Waals surface area (Å²) in [5, 5.41) is 2.03. The lowest BCUT2D eigenvalue weighted by molar-refractivity contribution is -0.163. The van der Waals surface area contributed by atoms with Gasteiger partial charge in [-0.05, 0) is 19.4 Å². The maximum atomic E-state index is 12.9. The molecule has 3 N–H and O–H groups in total. The van der Waals surface area contributed by atoms with Crippen molar-refractivity contribution in [1.82, 2.24) is 5.32 Å². The van der Waals surface area contributed by atoms with Gasteiger partial charge in [-0.2, -0.15) is 0 Å². The summed E-state index contributed by atoms with van der Waals surface area (Å²) in [4.78, 5) is 25.0. The zero-order chi connectivity index (χ0) is 25.1. The topological polar surface area (TPSA) is 109 Å². The number of hydrogen-bond donors (Lipinski definition) is 2. The van der Waals surface area contributed by atoms with E-state index in [-0.39, 0.29) is 43.3 Å². The van der Waals surface area contributed by atoms with Gasteiger partial charge < -0.3 is 30.0 Å². The number of carbonyl (C=O) groups excluding carboxylic acids is 2. The molecule has 0 spiro atoms. The molecular formula is C20H27Cl5N2O6. The Kier molecular flexibility index (Phi) is 14.3. The van der Waals surface area contributed by atoms with Crippen molar-refractivity contribution < 1.29 is 28.5 Å². The van der Waals surface area contributed by atoms with Gasteiger partial charge in [0.2, 0.25) is 5.91 Å². The van der Waals surface area contributed by atoms with Crippen LogP contribution in [0, 0.1) is 0 Å². The molecular weight excluding hydrogens is 541 g/mol. The first kappa shape index (κ1) is 30.5. The van der Waals surface area contributed by atoms with E-state index in [1.807, 2.05) is 0 Å². The number of ether oxygens (including phenoxy) is 4. The van der Waals surface area contributed by atoms with Crippen LogP contribution in [-0.4, -0.2) is 64.6 Å². The molecule has 0 fully saturated rings. The highest BCUT2D eigenvalue weighted by Crippen LogP contribution is 2.48. The van der Waals surface area contributed by atoms with Crippen molar-refractivity contribution in [3.63, 3.8) is 0 Å². The summed E-state index contributed by atoms with van der Waals surface area (Å²) in [6.45, 7) is 0.653. The van der Waals surface area contributed by atoms with Crippen molar-refractivity contribution in [2.24, 2.45) is 5.73 Å². The Bertz CT molecular complexity index is 785. The molecule has 33 heavy (non-hydrogen) atoms. The number of amides is 1. The average Bonchev–Trinajstić information content (AvgIpc) is 2.81. The number of rotatable bonds is 14. The third-order valence-corrected chi connectivity index (χ3v) is 6.95. The van der Waals surface area contributed by atoms with Gasteiger partial charge in [-0.25, -0.2) is 4.79 Å².